The average molecular weight is 388 g/mol. The van der Waals surface area contributed by atoms with Gasteiger partial charge in [0.25, 0.3) is 0 Å². The molecule has 1 aliphatic rings. The van der Waals surface area contributed by atoms with Gasteiger partial charge in [0.15, 0.2) is 11.6 Å². The van der Waals surface area contributed by atoms with Gasteiger partial charge < -0.3 is 9.64 Å². The predicted octanol–water partition coefficient (Wildman–Crippen LogP) is 4.76. The van der Waals surface area contributed by atoms with Gasteiger partial charge in [0.1, 0.15) is 11.6 Å². The van der Waals surface area contributed by atoms with Gasteiger partial charge in [-0.1, -0.05) is 6.07 Å². The lowest BCUT2D eigenvalue weighted by Gasteiger charge is -2.28. The predicted molar refractivity (Wildman–Crippen MR) is 87.8 cm³/mol. The molecule has 0 atom stereocenters. The third-order valence-electron chi connectivity index (χ3n) is 4.14. The Morgan fingerprint density at radius 1 is 1.15 bits per heavy atom. The lowest BCUT2D eigenvalue weighted by Crippen LogP contribution is -2.36. The van der Waals surface area contributed by atoms with Crippen molar-refractivity contribution in [2.75, 3.05) is 12.4 Å². The molecule has 0 saturated carbocycles. The number of nitrogens with zero attached hydrogens (tertiary/aromatic N) is 1. The summed E-state index contributed by atoms with van der Waals surface area (Å²) in [6.07, 6.45) is -4.03. The van der Waals surface area contributed by atoms with Crippen molar-refractivity contribution in [1.29, 1.82) is 0 Å². The minimum absolute atomic E-state index is 0.0796. The Morgan fingerprint density at radius 2 is 1.92 bits per heavy atom. The zero-order valence-corrected chi connectivity index (χ0v) is 14.2. The summed E-state index contributed by atoms with van der Waals surface area (Å²) in [5, 5.41) is 0. The summed E-state index contributed by atoms with van der Waals surface area (Å²) in [6, 6.07) is 7.17. The molecule has 138 valence electrons. The molecule has 2 aromatic rings. The second-order valence-electron chi connectivity index (χ2n) is 5.87. The monoisotopic (exact) mass is 387 g/mol. The minimum atomic E-state index is -4.61. The fourth-order valence-corrected chi connectivity index (χ4v) is 2.95. The van der Waals surface area contributed by atoms with Gasteiger partial charge >= 0.3 is 6.18 Å². The highest BCUT2D eigenvalue weighted by molar-refractivity contribution is 6.27. The van der Waals surface area contributed by atoms with Crippen molar-refractivity contribution in [1.82, 2.24) is 4.90 Å². The first kappa shape index (κ1) is 18.5. The van der Waals surface area contributed by atoms with E-state index in [2.05, 4.69) is 0 Å². The smallest absolute Gasteiger partial charge is 0.416 e. The number of hydrogen-bond donors (Lipinski definition) is 0. The van der Waals surface area contributed by atoms with Gasteiger partial charge in [-0.25, -0.2) is 4.39 Å². The first-order valence-corrected chi connectivity index (χ1v) is 8.31. The van der Waals surface area contributed by atoms with E-state index >= 15 is 0 Å². The van der Waals surface area contributed by atoms with Crippen LogP contribution in [0.3, 0.4) is 0 Å². The molecule has 1 heterocycles. The van der Waals surface area contributed by atoms with Gasteiger partial charge in [0, 0.05) is 13.1 Å². The van der Waals surface area contributed by atoms with Crippen LogP contribution >= 0.6 is 11.6 Å². The van der Waals surface area contributed by atoms with Gasteiger partial charge in [0.2, 0.25) is 5.91 Å². The zero-order chi connectivity index (χ0) is 18.9. The maximum absolute atomic E-state index is 13.9. The molecule has 0 aliphatic carbocycles. The molecule has 0 fully saturated rings. The van der Waals surface area contributed by atoms with Gasteiger partial charge in [-0.15, -0.1) is 11.6 Å². The van der Waals surface area contributed by atoms with Crippen LogP contribution in [0.2, 0.25) is 0 Å². The highest BCUT2D eigenvalue weighted by Gasteiger charge is 2.31. The second-order valence-corrected chi connectivity index (χ2v) is 6.14. The Morgan fingerprint density at radius 3 is 2.58 bits per heavy atom. The van der Waals surface area contributed by atoms with Crippen LogP contribution in [-0.2, 0) is 23.9 Å². The second kappa shape index (κ2) is 7.15. The molecule has 2 aromatic carbocycles. The number of benzene rings is 2. The van der Waals surface area contributed by atoms with Crippen molar-refractivity contribution in [3.63, 3.8) is 0 Å². The largest absolute Gasteiger partial charge is 0.454 e. The Balaban J connectivity index is 1.77. The number of halogens is 5. The fourth-order valence-electron chi connectivity index (χ4n) is 2.78. The SMILES string of the molecule is O=C(CCl)N1CCc2cc(Oc3ccc(C(F)(F)F)cc3F)ccc2C1. The van der Waals surface area contributed by atoms with Crippen molar-refractivity contribution in [2.24, 2.45) is 0 Å². The highest BCUT2D eigenvalue weighted by atomic mass is 35.5. The number of hydrogen-bond acceptors (Lipinski definition) is 2. The van der Waals surface area contributed by atoms with Crippen LogP contribution in [0.4, 0.5) is 17.6 Å². The average Bonchev–Trinajstić information content (AvgIpc) is 2.61. The third-order valence-corrected chi connectivity index (χ3v) is 4.37. The molecule has 26 heavy (non-hydrogen) atoms. The van der Waals surface area contributed by atoms with E-state index in [1.807, 2.05) is 0 Å². The van der Waals surface area contributed by atoms with Crippen LogP contribution in [0.25, 0.3) is 0 Å². The van der Waals surface area contributed by atoms with E-state index in [1.54, 1.807) is 23.1 Å². The van der Waals surface area contributed by atoms with E-state index in [0.717, 1.165) is 23.3 Å². The summed E-state index contributed by atoms with van der Waals surface area (Å²) in [5.41, 5.74) is 0.792. The minimum Gasteiger partial charge on any atom is -0.454 e. The molecule has 0 N–H and O–H groups in total. The first-order valence-electron chi connectivity index (χ1n) is 7.78. The molecule has 8 heteroatoms. The lowest BCUT2D eigenvalue weighted by molar-refractivity contribution is -0.137. The maximum atomic E-state index is 13.9. The van der Waals surface area contributed by atoms with Crippen molar-refractivity contribution < 1.29 is 27.1 Å². The number of fused-ring (bicyclic) bond motifs is 1. The van der Waals surface area contributed by atoms with Crippen molar-refractivity contribution >= 4 is 17.5 Å². The number of alkyl halides is 4. The quantitative estimate of drug-likeness (QED) is 0.561. The molecular formula is C18H14ClF4NO2. The van der Waals surface area contributed by atoms with E-state index in [4.69, 9.17) is 16.3 Å². The molecule has 0 aromatic heterocycles. The van der Waals surface area contributed by atoms with E-state index in [0.29, 0.717) is 31.3 Å². The molecule has 3 nitrogen and oxygen atoms in total. The summed E-state index contributed by atoms with van der Waals surface area (Å²) in [7, 11) is 0. The molecule has 0 bridgehead atoms. The molecule has 0 spiro atoms. The first-order chi connectivity index (χ1) is 12.3. The summed E-state index contributed by atoms with van der Waals surface area (Å²) >= 11 is 5.56. The molecule has 0 unspecified atom stereocenters. The summed E-state index contributed by atoms with van der Waals surface area (Å²) < 4.78 is 57.1. The van der Waals surface area contributed by atoms with Gasteiger partial charge in [-0.2, -0.15) is 13.2 Å². The van der Waals surface area contributed by atoms with Crippen LogP contribution in [0.5, 0.6) is 11.5 Å². The maximum Gasteiger partial charge on any atom is 0.416 e. The van der Waals surface area contributed by atoms with E-state index in [-0.39, 0.29) is 17.5 Å². The number of carbonyl (C=O) groups is 1. The molecule has 0 saturated heterocycles. The molecular weight excluding hydrogens is 374 g/mol. The Hall–Kier alpha value is -2.28. The van der Waals surface area contributed by atoms with Crippen LogP contribution in [0.1, 0.15) is 16.7 Å². The molecule has 1 amide bonds. The third kappa shape index (κ3) is 3.93. The Bertz CT molecular complexity index is 838. The molecule has 3 rings (SSSR count). The van der Waals surface area contributed by atoms with Crippen molar-refractivity contribution in [3.8, 4) is 11.5 Å². The standard InChI is InChI=1S/C18H14ClF4NO2/c19-9-17(25)24-6-5-11-7-14(3-1-12(11)10-24)26-16-4-2-13(8-15(16)20)18(21,22)23/h1-4,7-8H,5-6,9-10H2. The topological polar surface area (TPSA) is 29.5 Å². The lowest BCUT2D eigenvalue weighted by atomic mass is 9.99. The van der Waals surface area contributed by atoms with Crippen LogP contribution in [-0.4, -0.2) is 23.2 Å². The van der Waals surface area contributed by atoms with Crippen LogP contribution < -0.4 is 4.74 Å². The van der Waals surface area contributed by atoms with Gasteiger partial charge in [-0.05, 0) is 47.9 Å². The number of rotatable bonds is 3. The van der Waals surface area contributed by atoms with Gasteiger partial charge in [0.05, 0.1) is 5.56 Å². The molecule has 1 aliphatic heterocycles. The number of amides is 1. The van der Waals surface area contributed by atoms with E-state index < -0.39 is 17.6 Å². The van der Waals surface area contributed by atoms with Crippen LogP contribution in [0, 0.1) is 5.82 Å². The van der Waals surface area contributed by atoms with Crippen molar-refractivity contribution in [3.05, 3.63) is 58.9 Å². The Labute approximate surface area is 152 Å². The van der Waals surface area contributed by atoms with Crippen LogP contribution in [0.15, 0.2) is 36.4 Å². The van der Waals surface area contributed by atoms with E-state index in [1.165, 1.54) is 0 Å². The fraction of sp³-hybridized carbons (Fsp3) is 0.278. The zero-order valence-electron chi connectivity index (χ0n) is 13.4. The molecule has 0 radical (unpaired) electrons. The summed E-state index contributed by atoms with van der Waals surface area (Å²) in [6.45, 7) is 0.937. The summed E-state index contributed by atoms with van der Waals surface area (Å²) in [5.74, 6) is -1.28. The Kier molecular flexibility index (Phi) is 5.09. The van der Waals surface area contributed by atoms with Crippen molar-refractivity contribution in [2.45, 2.75) is 19.1 Å². The normalized spacial score (nSPS) is 14.1. The number of ether oxygens (including phenoxy) is 1. The number of carbonyl (C=O) groups excluding carboxylic acids is 1. The van der Waals surface area contributed by atoms with E-state index in [9.17, 15) is 22.4 Å². The highest BCUT2D eigenvalue weighted by Crippen LogP contribution is 2.34. The van der Waals surface area contributed by atoms with Gasteiger partial charge in [-0.3, -0.25) is 4.79 Å². The summed E-state index contributed by atoms with van der Waals surface area (Å²) in [4.78, 5) is 13.3.